The van der Waals surface area contributed by atoms with Crippen LogP contribution in [0.4, 0.5) is 5.69 Å². The minimum Gasteiger partial charge on any atom is -0.352 e. The van der Waals surface area contributed by atoms with E-state index >= 15 is 0 Å². The zero-order chi connectivity index (χ0) is 17.3. The molecule has 1 aromatic heterocycles. The van der Waals surface area contributed by atoms with Gasteiger partial charge in [0.1, 0.15) is 0 Å². The van der Waals surface area contributed by atoms with E-state index in [0.29, 0.717) is 13.1 Å². The maximum Gasteiger partial charge on any atom is 0.238 e. The van der Waals surface area contributed by atoms with Crippen molar-refractivity contribution in [2.45, 2.75) is 52.6 Å². The van der Waals surface area contributed by atoms with Gasteiger partial charge in [0.05, 0.1) is 29.5 Å². The van der Waals surface area contributed by atoms with E-state index in [9.17, 15) is 9.59 Å². The van der Waals surface area contributed by atoms with Crippen molar-refractivity contribution in [3.8, 4) is 0 Å². The smallest absolute Gasteiger partial charge is 0.238 e. The average Bonchev–Trinajstić information content (AvgIpc) is 2.66. The van der Waals surface area contributed by atoms with E-state index in [1.165, 1.54) is 0 Å². The highest BCUT2D eigenvalue weighted by Gasteiger charge is 2.33. The number of rotatable bonds is 4. The van der Waals surface area contributed by atoms with Crippen LogP contribution in [0.1, 0.15) is 37.6 Å². The van der Waals surface area contributed by atoms with Crippen LogP contribution in [0.25, 0.3) is 0 Å². The largest absolute Gasteiger partial charge is 0.352 e. The molecule has 0 aromatic carbocycles. The average molecular weight is 333 g/mol. The zero-order valence-corrected chi connectivity index (χ0v) is 14.8. The third-order valence-electron chi connectivity index (χ3n) is 5.09. The molecule has 3 rings (SSSR count). The highest BCUT2D eigenvalue weighted by atomic mass is 16.2. The number of hydrogen-bond acceptors (Lipinski definition) is 4. The molecular formula is C17H27N5O2. The number of carbonyl (C=O) groups excluding carboxylic acids is 2. The molecule has 24 heavy (non-hydrogen) atoms. The Morgan fingerprint density at radius 3 is 2.83 bits per heavy atom. The summed E-state index contributed by atoms with van der Waals surface area (Å²) in [7, 11) is 0. The highest BCUT2D eigenvalue weighted by Crippen LogP contribution is 2.22. The van der Waals surface area contributed by atoms with E-state index in [4.69, 9.17) is 0 Å². The Labute approximate surface area is 142 Å². The fourth-order valence-corrected chi connectivity index (χ4v) is 3.84. The molecule has 2 aliphatic rings. The monoisotopic (exact) mass is 333 g/mol. The van der Waals surface area contributed by atoms with Crippen LogP contribution in [0.15, 0.2) is 0 Å². The minimum absolute atomic E-state index is 0.0108. The summed E-state index contributed by atoms with van der Waals surface area (Å²) >= 11 is 0. The molecule has 0 unspecified atom stereocenters. The summed E-state index contributed by atoms with van der Waals surface area (Å²) in [5, 5.41) is 10.5. The van der Waals surface area contributed by atoms with Crippen molar-refractivity contribution in [2.75, 3.05) is 25.0 Å². The quantitative estimate of drug-likeness (QED) is 0.863. The molecule has 0 aliphatic carbocycles. The van der Waals surface area contributed by atoms with Crippen LogP contribution < -0.4 is 10.6 Å². The Morgan fingerprint density at radius 2 is 2.12 bits per heavy atom. The Morgan fingerprint density at radius 1 is 1.33 bits per heavy atom. The van der Waals surface area contributed by atoms with Crippen molar-refractivity contribution in [2.24, 2.45) is 5.92 Å². The van der Waals surface area contributed by atoms with Gasteiger partial charge in [-0.2, -0.15) is 5.10 Å². The standard InChI is InChI=1S/C17H27N5O2/c1-4-22-12(3)16(11(2)20-22)19-15(23)10-21-8-13-6-5-7-14(9-21)18-17(13)24/h13-14H,4-10H2,1-3H3,(H,18,24)(H,19,23)/t13-,14+/m0/s1. The molecule has 0 saturated carbocycles. The number of aryl methyl sites for hydroxylation is 2. The first kappa shape index (κ1) is 17.0. The molecule has 7 nitrogen and oxygen atoms in total. The van der Waals surface area contributed by atoms with Crippen LogP contribution >= 0.6 is 0 Å². The van der Waals surface area contributed by atoms with Crippen molar-refractivity contribution in [1.29, 1.82) is 0 Å². The molecule has 2 fully saturated rings. The molecule has 0 spiro atoms. The Hall–Kier alpha value is -1.89. The Balaban J connectivity index is 1.65. The van der Waals surface area contributed by atoms with Crippen molar-refractivity contribution in [1.82, 2.24) is 20.0 Å². The highest BCUT2D eigenvalue weighted by molar-refractivity contribution is 5.93. The molecule has 2 N–H and O–H groups in total. The summed E-state index contributed by atoms with van der Waals surface area (Å²) < 4.78 is 1.89. The van der Waals surface area contributed by atoms with Gasteiger partial charge in [0.2, 0.25) is 11.8 Å². The number of fused-ring (bicyclic) bond motifs is 3. The molecule has 2 atom stereocenters. The van der Waals surface area contributed by atoms with Crippen LogP contribution in [0, 0.1) is 19.8 Å². The fraction of sp³-hybridized carbons (Fsp3) is 0.706. The van der Waals surface area contributed by atoms with Crippen LogP contribution in [-0.2, 0) is 16.1 Å². The SMILES string of the molecule is CCn1nc(C)c(NC(=O)CN2C[C@H]3CCC[C@@H](C2)C(=O)N3)c1C. The fourth-order valence-electron chi connectivity index (χ4n) is 3.84. The number of hydrogen-bond donors (Lipinski definition) is 2. The van der Waals surface area contributed by atoms with Crippen LogP contribution in [-0.4, -0.2) is 52.2 Å². The van der Waals surface area contributed by atoms with Crippen molar-refractivity contribution < 1.29 is 9.59 Å². The van der Waals surface area contributed by atoms with Gasteiger partial charge in [-0.15, -0.1) is 0 Å². The third kappa shape index (κ3) is 3.45. The first-order valence-electron chi connectivity index (χ1n) is 8.84. The minimum atomic E-state index is -0.0377. The predicted molar refractivity (Wildman–Crippen MR) is 91.7 cm³/mol. The Bertz CT molecular complexity index is 639. The van der Waals surface area contributed by atoms with Gasteiger partial charge in [0.15, 0.2) is 0 Å². The first-order chi connectivity index (χ1) is 11.5. The molecular weight excluding hydrogens is 306 g/mol. The molecule has 132 valence electrons. The lowest BCUT2D eigenvalue weighted by molar-refractivity contribution is -0.125. The number of likely N-dealkylation sites (tertiary alicyclic amines) is 1. The second-order valence-corrected chi connectivity index (χ2v) is 6.94. The van der Waals surface area contributed by atoms with Crippen LogP contribution in [0.3, 0.4) is 0 Å². The molecule has 2 aliphatic heterocycles. The summed E-state index contributed by atoms with van der Waals surface area (Å²) in [5.74, 6) is 0.122. The summed E-state index contributed by atoms with van der Waals surface area (Å²) in [5.41, 5.74) is 2.63. The predicted octanol–water partition coefficient (Wildman–Crippen LogP) is 1.06. The molecule has 2 bridgehead atoms. The molecule has 2 amide bonds. The maximum absolute atomic E-state index is 12.5. The lowest BCUT2D eigenvalue weighted by atomic mass is 9.99. The normalized spacial score (nSPS) is 24.4. The van der Waals surface area contributed by atoms with Gasteiger partial charge in [-0.1, -0.05) is 6.42 Å². The van der Waals surface area contributed by atoms with Crippen molar-refractivity contribution in [3.63, 3.8) is 0 Å². The number of anilines is 1. The zero-order valence-electron chi connectivity index (χ0n) is 14.8. The number of amides is 2. The van der Waals surface area contributed by atoms with E-state index < -0.39 is 0 Å². The molecule has 0 radical (unpaired) electrons. The van der Waals surface area contributed by atoms with Gasteiger partial charge in [-0.25, -0.2) is 0 Å². The lowest BCUT2D eigenvalue weighted by Gasteiger charge is -2.26. The second-order valence-electron chi connectivity index (χ2n) is 6.94. The lowest BCUT2D eigenvalue weighted by Crippen LogP contribution is -2.42. The van der Waals surface area contributed by atoms with Gasteiger partial charge < -0.3 is 10.6 Å². The van der Waals surface area contributed by atoms with E-state index in [-0.39, 0.29) is 23.8 Å². The second kappa shape index (κ2) is 6.93. The molecule has 2 saturated heterocycles. The van der Waals surface area contributed by atoms with E-state index in [2.05, 4.69) is 20.6 Å². The van der Waals surface area contributed by atoms with Gasteiger partial charge in [-0.3, -0.25) is 19.2 Å². The molecule has 7 heteroatoms. The topological polar surface area (TPSA) is 79.3 Å². The van der Waals surface area contributed by atoms with E-state index in [1.54, 1.807) is 0 Å². The van der Waals surface area contributed by atoms with Gasteiger partial charge in [-0.05, 0) is 33.6 Å². The van der Waals surface area contributed by atoms with Gasteiger partial charge in [0, 0.05) is 25.7 Å². The summed E-state index contributed by atoms with van der Waals surface area (Å²) in [6.45, 7) is 8.44. The number of nitrogens with one attached hydrogen (secondary N) is 2. The number of nitrogens with zero attached hydrogens (tertiary/aromatic N) is 3. The molecule has 3 heterocycles. The van der Waals surface area contributed by atoms with Crippen molar-refractivity contribution in [3.05, 3.63) is 11.4 Å². The summed E-state index contributed by atoms with van der Waals surface area (Å²) in [6, 6.07) is 0.170. The first-order valence-corrected chi connectivity index (χ1v) is 8.84. The summed E-state index contributed by atoms with van der Waals surface area (Å²) in [4.78, 5) is 26.7. The van der Waals surface area contributed by atoms with E-state index in [1.807, 2.05) is 25.5 Å². The third-order valence-corrected chi connectivity index (χ3v) is 5.09. The van der Waals surface area contributed by atoms with Crippen LogP contribution in [0.2, 0.25) is 0 Å². The molecule has 1 aromatic rings. The van der Waals surface area contributed by atoms with Gasteiger partial charge >= 0.3 is 0 Å². The number of aromatic nitrogens is 2. The van der Waals surface area contributed by atoms with Gasteiger partial charge in [0.25, 0.3) is 0 Å². The number of carbonyl (C=O) groups is 2. The maximum atomic E-state index is 12.5. The van der Waals surface area contributed by atoms with E-state index in [0.717, 1.165) is 49.4 Å². The van der Waals surface area contributed by atoms with Crippen LogP contribution in [0.5, 0.6) is 0 Å². The summed E-state index contributed by atoms with van der Waals surface area (Å²) in [6.07, 6.45) is 3.01. The van der Waals surface area contributed by atoms with Crippen molar-refractivity contribution >= 4 is 17.5 Å². The Kier molecular flexibility index (Phi) is 4.89.